The van der Waals surface area contributed by atoms with Crippen molar-refractivity contribution in [2.75, 3.05) is 5.75 Å². The van der Waals surface area contributed by atoms with Crippen molar-refractivity contribution in [2.24, 2.45) is 0 Å². The van der Waals surface area contributed by atoms with Crippen molar-refractivity contribution in [3.8, 4) is 6.07 Å². The van der Waals surface area contributed by atoms with Gasteiger partial charge in [-0.15, -0.1) is 11.8 Å². The van der Waals surface area contributed by atoms with E-state index in [2.05, 4.69) is 32.2 Å². The first-order valence-corrected chi connectivity index (χ1v) is 5.72. The van der Waals surface area contributed by atoms with E-state index in [1.807, 2.05) is 0 Å². The fraction of sp³-hybridized carbons (Fsp3) is 0.800. The van der Waals surface area contributed by atoms with Gasteiger partial charge in [-0.05, 0) is 12.8 Å². The summed E-state index contributed by atoms with van der Waals surface area (Å²) in [6.45, 7) is 6.21. The van der Waals surface area contributed by atoms with Gasteiger partial charge in [0.2, 0.25) is 5.91 Å². The zero-order valence-electron chi connectivity index (χ0n) is 8.89. The van der Waals surface area contributed by atoms with E-state index in [9.17, 15) is 4.79 Å². The second-order valence-corrected chi connectivity index (χ2v) is 6.45. The van der Waals surface area contributed by atoms with E-state index in [4.69, 9.17) is 5.26 Å². The molecule has 1 aliphatic rings. The molecular weight excluding hydrogens is 196 g/mol. The van der Waals surface area contributed by atoms with Crippen molar-refractivity contribution in [3.63, 3.8) is 0 Å². The fourth-order valence-electron chi connectivity index (χ4n) is 0.975. The van der Waals surface area contributed by atoms with Crippen LogP contribution in [-0.4, -0.2) is 21.9 Å². The van der Waals surface area contributed by atoms with Crippen LogP contribution in [0.3, 0.4) is 0 Å². The highest BCUT2D eigenvalue weighted by Crippen LogP contribution is 2.34. The number of rotatable bonds is 3. The molecule has 0 aromatic heterocycles. The van der Waals surface area contributed by atoms with Crippen molar-refractivity contribution in [2.45, 2.75) is 43.9 Å². The Bertz CT molecular complexity index is 271. The number of hydrogen-bond donors (Lipinski definition) is 1. The molecule has 0 radical (unpaired) electrons. The Balaban J connectivity index is 2.28. The Labute approximate surface area is 89.2 Å². The predicted octanol–water partition coefficient (Wildman–Crippen LogP) is 1.69. The summed E-state index contributed by atoms with van der Waals surface area (Å²) in [7, 11) is 0. The van der Waals surface area contributed by atoms with Gasteiger partial charge in [-0.3, -0.25) is 4.79 Å². The SMILES string of the molecule is CC(C)(C)SCC(=O)NC1(C#N)CC1. The summed E-state index contributed by atoms with van der Waals surface area (Å²) in [4.78, 5) is 11.4. The zero-order chi connectivity index (χ0) is 10.8. The number of nitriles is 1. The highest BCUT2D eigenvalue weighted by molar-refractivity contribution is 8.01. The maximum atomic E-state index is 11.4. The van der Waals surface area contributed by atoms with E-state index in [0.29, 0.717) is 5.75 Å². The maximum Gasteiger partial charge on any atom is 0.231 e. The summed E-state index contributed by atoms with van der Waals surface area (Å²) in [6.07, 6.45) is 1.60. The number of nitrogens with zero attached hydrogens (tertiary/aromatic N) is 1. The number of thioether (sulfide) groups is 1. The van der Waals surface area contributed by atoms with Gasteiger partial charge in [0, 0.05) is 4.75 Å². The largest absolute Gasteiger partial charge is 0.337 e. The summed E-state index contributed by atoms with van der Waals surface area (Å²) < 4.78 is 0.0979. The van der Waals surface area contributed by atoms with Crippen LogP contribution in [0, 0.1) is 11.3 Å². The van der Waals surface area contributed by atoms with Crippen LogP contribution in [0.15, 0.2) is 0 Å². The van der Waals surface area contributed by atoms with Crippen LogP contribution in [0.1, 0.15) is 33.6 Å². The molecule has 0 bridgehead atoms. The first-order valence-electron chi connectivity index (χ1n) is 4.73. The van der Waals surface area contributed by atoms with Crippen molar-refractivity contribution >= 4 is 17.7 Å². The average molecular weight is 212 g/mol. The molecule has 0 spiro atoms. The van der Waals surface area contributed by atoms with E-state index >= 15 is 0 Å². The van der Waals surface area contributed by atoms with Gasteiger partial charge in [-0.25, -0.2) is 0 Å². The third-order valence-electron chi connectivity index (χ3n) is 1.98. The first-order chi connectivity index (χ1) is 6.37. The minimum Gasteiger partial charge on any atom is -0.337 e. The molecule has 4 heteroatoms. The molecule has 78 valence electrons. The van der Waals surface area contributed by atoms with Gasteiger partial charge in [0.1, 0.15) is 5.54 Å². The molecule has 1 rings (SSSR count). The molecule has 0 aromatic rings. The number of carbonyl (C=O) groups excluding carboxylic acids is 1. The van der Waals surface area contributed by atoms with Crippen LogP contribution in [0.25, 0.3) is 0 Å². The molecule has 1 N–H and O–H groups in total. The second-order valence-electron chi connectivity index (χ2n) is 4.64. The van der Waals surface area contributed by atoms with Crippen molar-refractivity contribution < 1.29 is 4.79 Å². The van der Waals surface area contributed by atoms with Crippen LogP contribution in [-0.2, 0) is 4.79 Å². The fourth-order valence-corrected chi connectivity index (χ4v) is 1.61. The van der Waals surface area contributed by atoms with Gasteiger partial charge in [0.15, 0.2) is 0 Å². The molecule has 1 amide bonds. The topological polar surface area (TPSA) is 52.9 Å². The van der Waals surface area contributed by atoms with E-state index in [1.54, 1.807) is 11.8 Å². The van der Waals surface area contributed by atoms with Gasteiger partial charge >= 0.3 is 0 Å². The quantitative estimate of drug-likeness (QED) is 0.774. The monoisotopic (exact) mass is 212 g/mol. The number of amides is 1. The Hall–Kier alpha value is -0.690. The molecule has 1 fully saturated rings. The van der Waals surface area contributed by atoms with Crippen molar-refractivity contribution in [1.82, 2.24) is 5.32 Å². The van der Waals surface area contributed by atoms with E-state index in [-0.39, 0.29) is 10.7 Å². The molecule has 0 atom stereocenters. The third kappa shape index (κ3) is 3.59. The smallest absolute Gasteiger partial charge is 0.231 e. The highest BCUT2D eigenvalue weighted by atomic mass is 32.2. The molecule has 1 saturated carbocycles. The maximum absolute atomic E-state index is 11.4. The van der Waals surface area contributed by atoms with Crippen LogP contribution >= 0.6 is 11.8 Å². The van der Waals surface area contributed by atoms with Gasteiger partial charge in [0.05, 0.1) is 11.8 Å². The van der Waals surface area contributed by atoms with Gasteiger partial charge in [-0.1, -0.05) is 20.8 Å². The number of hydrogen-bond acceptors (Lipinski definition) is 3. The number of carbonyl (C=O) groups is 1. The van der Waals surface area contributed by atoms with Gasteiger partial charge in [0.25, 0.3) is 0 Å². The lowest BCUT2D eigenvalue weighted by atomic mass is 10.3. The molecule has 0 aliphatic heterocycles. The molecule has 3 nitrogen and oxygen atoms in total. The minimum absolute atomic E-state index is 0.0241. The molecule has 0 unspecified atom stereocenters. The van der Waals surface area contributed by atoms with Crippen molar-refractivity contribution in [3.05, 3.63) is 0 Å². The Morgan fingerprint density at radius 3 is 2.50 bits per heavy atom. The normalized spacial score (nSPS) is 18.4. The van der Waals surface area contributed by atoms with Gasteiger partial charge < -0.3 is 5.32 Å². The van der Waals surface area contributed by atoms with Crippen LogP contribution in [0.2, 0.25) is 0 Å². The summed E-state index contributed by atoms with van der Waals surface area (Å²) in [6, 6.07) is 2.14. The molecule has 0 saturated heterocycles. The predicted molar refractivity (Wildman–Crippen MR) is 57.9 cm³/mol. The molecular formula is C10H16N2OS. The summed E-state index contributed by atoms with van der Waals surface area (Å²) >= 11 is 1.60. The Morgan fingerprint density at radius 2 is 2.14 bits per heavy atom. The lowest BCUT2D eigenvalue weighted by Crippen LogP contribution is -2.37. The Morgan fingerprint density at radius 1 is 1.57 bits per heavy atom. The average Bonchev–Trinajstić information content (AvgIpc) is 2.81. The van der Waals surface area contributed by atoms with Gasteiger partial charge in [-0.2, -0.15) is 5.26 Å². The summed E-state index contributed by atoms with van der Waals surface area (Å²) in [5.41, 5.74) is -0.518. The van der Waals surface area contributed by atoms with Crippen LogP contribution in [0.4, 0.5) is 0 Å². The first kappa shape index (κ1) is 11.4. The Kier molecular flexibility index (Phi) is 3.10. The lowest BCUT2D eigenvalue weighted by Gasteiger charge is -2.17. The summed E-state index contributed by atoms with van der Waals surface area (Å²) in [5.74, 6) is 0.413. The molecule has 0 aromatic carbocycles. The van der Waals surface area contributed by atoms with E-state index in [0.717, 1.165) is 12.8 Å². The minimum atomic E-state index is -0.518. The zero-order valence-corrected chi connectivity index (χ0v) is 9.70. The highest BCUT2D eigenvalue weighted by Gasteiger charge is 2.44. The lowest BCUT2D eigenvalue weighted by molar-refractivity contribution is -0.119. The molecule has 14 heavy (non-hydrogen) atoms. The van der Waals surface area contributed by atoms with Crippen LogP contribution < -0.4 is 5.32 Å². The molecule has 0 heterocycles. The molecule has 1 aliphatic carbocycles. The second kappa shape index (κ2) is 3.82. The number of nitrogens with one attached hydrogen (secondary N) is 1. The van der Waals surface area contributed by atoms with E-state index < -0.39 is 5.54 Å². The van der Waals surface area contributed by atoms with E-state index in [1.165, 1.54) is 0 Å². The third-order valence-corrected chi connectivity index (χ3v) is 3.25. The standard InChI is InChI=1S/C10H16N2OS/c1-9(2,3)14-6-8(13)12-10(7-11)4-5-10/h4-6H2,1-3H3,(H,12,13). The van der Waals surface area contributed by atoms with Crippen LogP contribution in [0.5, 0.6) is 0 Å². The summed E-state index contributed by atoms with van der Waals surface area (Å²) in [5, 5.41) is 11.5. The van der Waals surface area contributed by atoms with Crippen molar-refractivity contribution in [1.29, 1.82) is 5.26 Å².